The molecule has 1 saturated heterocycles. The molecular weight excluding hydrogens is 325 g/mol. The third-order valence-electron chi connectivity index (χ3n) is 4.27. The molecule has 1 aliphatic rings. The minimum atomic E-state index is -0.970. The smallest absolute Gasteiger partial charge is 0.323 e. The number of rotatable bonds is 4. The van der Waals surface area contributed by atoms with Crippen molar-refractivity contribution in [3.8, 4) is 0 Å². The van der Waals surface area contributed by atoms with Gasteiger partial charge in [-0.05, 0) is 58.7 Å². The lowest BCUT2D eigenvalue weighted by Gasteiger charge is -2.32. The monoisotopic (exact) mass is 351 g/mol. The maximum absolute atomic E-state index is 13.3. The van der Waals surface area contributed by atoms with Gasteiger partial charge in [-0.2, -0.15) is 0 Å². The lowest BCUT2D eigenvalue weighted by atomic mass is 9.78. The van der Waals surface area contributed by atoms with Crippen LogP contribution in [0.3, 0.4) is 0 Å². The quantitative estimate of drug-likeness (QED) is 0.844. The number of halogens is 1. The second-order valence-corrected chi connectivity index (χ2v) is 7.58. The van der Waals surface area contributed by atoms with E-state index in [1.165, 1.54) is 12.1 Å². The highest BCUT2D eigenvalue weighted by Crippen LogP contribution is 2.45. The largest absolute Gasteiger partial charge is 0.465 e. The van der Waals surface area contributed by atoms with Crippen molar-refractivity contribution < 1.29 is 23.5 Å². The minimum absolute atomic E-state index is 0.253. The van der Waals surface area contributed by atoms with E-state index < -0.39 is 35.0 Å². The summed E-state index contributed by atoms with van der Waals surface area (Å²) in [7, 11) is 0. The van der Waals surface area contributed by atoms with E-state index in [9.17, 15) is 14.0 Å². The highest BCUT2D eigenvalue weighted by Gasteiger charge is 2.53. The first-order valence-corrected chi connectivity index (χ1v) is 8.48. The van der Waals surface area contributed by atoms with Crippen LogP contribution >= 0.6 is 0 Å². The molecule has 25 heavy (non-hydrogen) atoms. The lowest BCUT2D eigenvalue weighted by molar-refractivity contribution is -0.167. The second kappa shape index (κ2) is 7.12. The van der Waals surface area contributed by atoms with E-state index in [0.29, 0.717) is 0 Å². The summed E-state index contributed by atoms with van der Waals surface area (Å²) >= 11 is 0. The molecule has 138 valence electrons. The first-order valence-electron chi connectivity index (χ1n) is 8.48. The third kappa shape index (κ3) is 4.37. The van der Waals surface area contributed by atoms with E-state index in [2.05, 4.69) is 5.32 Å². The lowest BCUT2D eigenvalue weighted by Crippen LogP contribution is -2.39. The van der Waals surface area contributed by atoms with Crippen LogP contribution in [0.25, 0.3) is 0 Å². The van der Waals surface area contributed by atoms with Gasteiger partial charge >= 0.3 is 11.9 Å². The Hall–Kier alpha value is -1.95. The summed E-state index contributed by atoms with van der Waals surface area (Å²) in [6, 6.07) is 4.81. The molecule has 5 nitrogen and oxygen atoms in total. The van der Waals surface area contributed by atoms with E-state index in [1.54, 1.807) is 46.8 Å². The van der Waals surface area contributed by atoms with Crippen molar-refractivity contribution in [1.82, 2.24) is 5.32 Å². The second-order valence-electron chi connectivity index (χ2n) is 7.58. The van der Waals surface area contributed by atoms with E-state index in [0.717, 1.165) is 5.56 Å². The van der Waals surface area contributed by atoms with Gasteiger partial charge < -0.3 is 9.47 Å². The molecule has 0 saturated carbocycles. The molecule has 1 aromatic rings. The normalized spacial score (nSPS) is 26.3. The number of carbonyl (C=O) groups excluding carboxylic acids is 2. The molecule has 3 atom stereocenters. The summed E-state index contributed by atoms with van der Waals surface area (Å²) in [5.74, 6) is -1.15. The fourth-order valence-corrected chi connectivity index (χ4v) is 3.10. The number of esters is 2. The minimum Gasteiger partial charge on any atom is -0.465 e. The molecule has 6 heteroatoms. The van der Waals surface area contributed by atoms with E-state index in [-0.39, 0.29) is 18.8 Å². The fraction of sp³-hybridized carbons (Fsp3) is 0.579. The molecule has 1 heterocycles. The first-order chi connectivity index (χ1) is 11.6. The van der Waals surface area contributed by atoms with Crippen LogP contribution in [0.4, 0.5) is 4.39 Å². The van der Waals surface area contributed by atoms with Gasteiger partial charge in [-0.1, -0.05) is 12.1 Å². The van der Waals surface area contributed by atoms with Gasteiger partial charge in [-0.25, -0.2) is 4.39 Å². The Labute approximate surface area is 147 Å². The molecule has 1 fully saturated rings. The predicted octanol–water partition coefficient (Wildman–Crippen LogP) is 3.14. The average Bonchev–Trinajstić information content (AvgIpc) is 2.86. The summed E-state index contributed by atoms with van der Waals surface area (Å²) in [5.41, 5.74) is -0.889. The molecule has 0 aliphatic carbocycles. The number of nitrogens with one attached hydrogen (secondary N) is 1. The molecular formula is C19H26FNO4. The van der Waals surface area contributed by atoms with Crippen LogP contribution in [0, 0.1) is 11.2 Å². The van der Waals surface area contributed by atoms with Gasteiger partial charge in [0.25, 0.3) is 0 Å². The van der Waals surface area contributed by atoms with Gasteiger partial charge in [-0.15, -0.1) is 0 Å². The Balaban J connectivity index is 2.35. The van der Waals surface area contributed by atoms with Crippen LogP contribution in [0.15, 0.2) is 24.3 Å². The van der Waals surface area contributed by atoms with Crippen molar-refractivity contribution in [2.45, 2.75) is 58.7 Å². The van der Waals surface area contributed by atoms with E-state index in [4.69, 9.17) is 9.47 Å². The predicted molar refractivity (Wildman–Crippen MR) is 91.3 cm³/mol. The summed E-state index contributed by atoms with van der Waals surface area (Å²) in [6.45, 7) is 9.16. The maximum Gasteiger partial charge on any atom is 0.323 e. The fourth-order valence-electron chi connectivity index (χ4n) is 3.10. The van der Waals surface area contributed by atoms with Gasteiger partial charge in [0, 0.05) is 6.04 Å². The third-order valence-corrected chi connectivity index (χ3v) is 4.27. The Morgan fingerprint density at radius 3 is 2.40 bits per heavy atom. The zero-order valence-corrected chi connectivity index (χ0v) is 15.4. The molecule has 1 unspecified atom stereocenters. The zero-order valence-electron chi connectivity index (χ0n) is 15.4. The molecule has 2 rings (SSSR count). The zero-order chi connectivity index (χ0) is 18.8. The van der Waals surface area contributed by atoms with Crippen molar-refractivity contribution in [3.05, 3.63) is 35.6 Å². The Kier molecular flexibility index (Phi) is 5.52. The van der Waals surface area contributed by atoms with Crippen LogP contribution in [-0.2, 0) is 19.1 Å². The standard InChI is InChI=1S/C19H26FNO4/c1-6-24-16(22)14-11-19(5,17(23)25-18(2,3)4)15(21-14)12-7-9-13(20)10-8-12/h7-10,14-15,21H,6,11H2,1-5H3/t14-,15?,19-/m0/s1. The van der Waals surface area contributed by atoms with Crippen molar-refractivity contribution >= 4 is 11.9 Å². The van der Waals surface area contributed by atoms with Crippen molar-refractivity contribution in [2.24, 2.45) is 5.41 Å². The summed E-state index contributed by atoms with van der Waals surface area (Å²) < 4.78 is 23.9. The van der Waals surface area contributed by atoms with Crippen LogP contribution in [0.5, 0.6) is 0 Å². The molecule has 1 N–H and O–H groups in total. The average molecular weight is 351 g/mol. The van der Waals surface area contributed by atoms with Gasteiger partial charge in [0.05, 0.1) is 12.0 Å². The molecule has 0 bridgehead atoms. The molecule has 0 aromatic heterocycles. The molecule has 1 aliphatic heterocycles. The molecule has 0 amide bonds. The summed E-state index contributed by atoms with van der Waals surface area (Å²) in [6.07, 6.45) is 0.253. The number of ether oxygens (including phenoxy) is 2. The van der Waals surface area contributed by atoms with Crippen molar-refractivity contribution in [2.75, 3.05) is 6.61 Å². The van der Waals surface area contributed by atoms with Crippen LogP contribution < -0.4 is 5.32 Å². The first kappa shape index (κ1) is 19.4. The number of carbonyl (C=O) groups is 2. The Bertz CT molecular complexity index is 638. The van der Waals surface area contributed by atoms with Crippen LogP contribution in [0.2, 0.25) is 0 Å². The Morgan fingerprint density at radius 2 is 1.88 bits per heavy atom. The molecule has 0 radical (unpaired) electrons. The summed E-state index contributed by atoms with van der Waals surface area (Å²) in [5, 5.41) is 3.17. The molecule has 1 aromatic carbocycles. The summed E-state index contributed by atoms with van der Waals surface area (Å²) in [4.78, 5) is 25.0. The molecule has 0 spiro atoms. The highest BCUT2D eigenvalue weighted by atomic mass is 19.1. The van der Waals surface area contributed by atoms with Gasteiger partial charge in [-0.3, -0.25) is 14.9 Å². The number of benzene rings is 1. The maximum atomic E-state index is 13.3. The van der Waals surface area contributed by atoms with Gasteiger partial charge in [0.15, 0.2) is 0 Å². The van der Waals surface area contributed by atoms with Crippen molar-refractivity contribution in [3.63, 3.8) is 0 Å². The van der Waals surface area contributed by atoms with Gasteiger partial charge in [0.2, 0.25) is 0 Å². The highest BCUT2D eigenvalue weighted by molar-refractivity contribution is 5.83. The van der Waals surface area contributed by atoms with Crippen LogP contribution in [0.1, 0.15) is 52.6 Å². The topological polar surface area (TPSA) is 64.6 Å². The number of hydrogen-bond acceptors (Lipinski definition) is 5. The number of hydrogen-bond donors (Lipinski definition) is 1. The van der Waals surface area contributed by atoms with E-state index >= 15 is 0 Å². The van der Waals surface area contributed by atoms with Gasteiger partial charge in [0.1, 0.15) is 17.5 Å². The Morgan fingerprint density at radius 1 is 1.28 bits per heavy atom. The van der Waals surface area contributed by atoms with Crippen molar-refractivity contribution in [1.29, 1.82) is 0 Å². The van der Waals surface area contributed by atoms with E-state index in [1.807, 2.05) is 0 Å². The van der Waals surface area contributed by atoms with Crippen LogP contribution in [-0.4, -0.2) is 30.2 Å². The SMILES string of the molecule is CCOC(=O)[C@@H]1C[C@](C)(C(=O)OC(C)(C)C)C(c2ccc(F)cc2)N1.